The lowest BCUT2D eigenvalue weighted by molar-refractivity contribution is -0.331. The van der Waals surface area contributed by atoms with Gasteiger partial charge >= 0.3 is 29.8 Å². The molecule has 1 N–H and O–H groups in total. The number of thioether (sulfide) groups is 1. The number of esters is 5. The van der Waals surface area contributed by atoms with Gasteiger partial charge in [-0.2, -0.15) is 0 Å². The van der Waals surface area contributed by atoms with Gasteiger partial charge in [0.05, 0.1) is 36.0 Å². The van der Waals surface area contributed by atoms with Crippen LogP contribution in [-0.2, 0) is 47.4 Å². The Morgan fingerprint density at radius 2 is 1.03 bits per heavy atom. The van der Waals surface area contributed by atoms with Crippen molar-refractivity contribution in [3.05, 3.63) is 144 Å². The number of hydrogen-bond donors (Lipinski definition) is 1. The summed E-state index contributed by atoms with van der Waals surface area (Å²) in [5, 5.41) is 11.7. The van der Waals surface area contributed by atoms with Crippen LogP contribution in [0.15, 0.2) is 121 Å². The first-order chi connectivity index (χ1) is 30.6. The molecule has 2 heterocycles. The molecule has 6 rings (SSSR count). The van der Waals surface area contributed by atoms with Crippen LogP contribution in [0.3, 0.4) is 0 Å². The first-order valence-corrected chi connectivity index (χ1v) is 21.6. The molecule has 0 aromatic heterocycles. The van der Waals surface area contributed by atoms with Crippen molar-refractivity contribution in [3.8, 4) is 0 Å². The molecule has 10 atom stereocenters. The molecule has 334 valence electrons. The number of carbonyl (C=O) groups is 5. The summed E-state index contributed by atoms with van der Waals surface area (Å²) < 4.78 is 54.9. The molecule has 63 heavy (non-hydrogen) atoms. The Kier molecular flexibility index (Phi) is 17.2. The minimum atomic E-state index is -1.97. The van der Waals surface area contributed by atoms with Gasteiger partial charge in [0.25, 0.3) is 0 Å². The third-order valence-corrected chi connectivity index (χ3v) is 11.1. The number of hydrogen-bond acceptors (Lipinski definition) is 16. The number of ether oxygens (including phenoxy) is 9. The molecule has 0 bridgehead atoms. The number of carbonyl (C=O) groups excluding carboxylic acids is 5. The van der Waals surface area contributed by atoms with Crippen LogP contribution in [0.25, 0.3) is 0 Å². The summed E-state index contributed by atoms with van der Waals surface area (Å²) in [6.07, 6.45) is -13.3. The van der Waals surface area contributed by atoms with Gasteiger partial charge in [-0.1, -0.05) is 93.1 Å². The predicted octanol–water partition coefficient (Wildman–Crippen LogP) is 5.83. The first kappa shape index (κ1) is 46.9. The second kappa shape index (κ2) is 23.2. The fourth-order valence-electron chi connectivity index (χ4n) is 6.90. The van der Waals surface area contributed by atoms with Gasteiger partial charge in [-0.25, -0.2) is 24.0 Å². The highest BCUT2D eigenvalue weighted by molar-refractivity contribution is 7.99. The zero-order valence-corrected chi connectivity index (χ0v) is 35.7. The maximum absolute atomic E-state index is 14.1. The monoisotopic (exact) mass is 886 g/mol. The second-order valence-corrected chi connectivity index (χ2v) is 15.8. The lowest BCUT2D eigenvalue weighted by Gasteiger charge is -2.48. The molecule has 0 radical (unpaired) electrons. The molecule has 16 heteroatoms. The molecule has 0 spiro atoms. The van der Waals surface area contributed by atoms with E-state index in [1.807, 2.05) is 13.8 Å². The summed E-state index contributed by atoms with van der Waals surface area (Å²) in [5.41, 5.74) is -0.415. The van der Waals surface area contributed by atoms with E-state index in [1.165, 1.54) is 36.0 Å². The second-order valence-electron chi connectivity index (χ2n) is 14.4. The zero-order valence-electron chi connectivity index (χ0n) is 34.9. The number of unbranched alkanes of at least 4 members (excludes halogenated alkanes) is 1. The van der Waals surface area contributed by atoms with E-state index in [-0.39, 0.29) is 28.9 Å². The fraction of sp³-hybridized carbons (Fsp3) is 0.383. The van der Waals surface area contributed by atoms with Crippen LogP contribution in [-0.4, -0.2) is 122 Å². The Morgan fingerprint density at radius 3 is 1.48 bits per heavy atom. The SMILES string of the molecule is CCCCOCC1O[C@@H](SCC)[C@@H](OC(=O)c2ccccc2)C(OC(=O)c2ccccc2)[C@@H]1O[C@@H]1OC(C(=O)OC)[C@@H](O)C(OC(=O)c2ccccc2)[C@@H]1OC(=O)c1ccccc1. The van der Waals surface area contributed by atoms with Gasteiger partial charge in [0.15, 0.2) is 36.8 Å². The Morgan fingerprint density at radius 1 is 0.587 bits per heavy atom. The molecule has 4 aromatic rings. The summed E-state index contributed by atoms with van der Waals surface area (Å²) in [6.45, 7) is 4.05. The number of methoxy groups -OCH3 is 1. The molecule has 0 aliphatic carbocycles. The van der Waals surface area contributed by atoms with Crippen molar-refractivity contribution >= 4 is 41.6 Å². The number of benzene rings is 4. The van der Waals surface area contributed by atoms with Gasteiger partial charge in [0.1, 0.15) is 23.7 Å². The van der Waals surface area contributed by atoms with E-state index < -0.39 is 90.4 Å². The summed E-state index contributed by atoms with van der Waals surface area (Å²) in [7, 11) is 1.07. The molecule has 4 aromatic carbocycles. The van der Waals surface area contributed by atoms with Gasteiger partial charge in [0.2, 0.25) is 0 Å². The Hall–Kier alpha value is -5.62. The summed E-state index contributed by atoms with van der Waals surface area (Å²) in [4.78, 5) is 68.8. The minimum Gasteiger partial charge on any atom is -0.467 e. The summed E-state index contributed by atoms with van der Waals surface area (Å²) >= 11 is 1.28. The van der Waals surface area contributed by atoms with Gasteiger partial charge in [-0.3, -0.25) is 0 Å². The van der Waals surface area contributed by atoms with Crippen LogP contribution in [0.4, 0.5) is 0 Å². The van der Waals surface area contributed by atoms with Crippen LogP contribution < -0.4 is 0 Å². The van der Waals surface area contributed by atoms with Crippen molar-refractivity contribution < 1.29 is 71.7 Å². The van der Waals surface area contributed by atoms with Crippen molar-refractivity contribution in [2.45, 2.75) is 87.2 Å². The third-order valence-electron chi connectivity index (χ3n) is 10.1. The minimum absolute atomic E-state index is 0.0804. The zero-order chi connectivity index (χ0) is 44.7. The lowest BCUT2D eigenvalue weighted by Crippen LogP contribution is -2.67. The molecule has 2 aliphatic rings. The quantitative estimate of drug-likeness (QED) is 0.0714. The van der Waals surface area contributed by atoms with Crippen molar-refractivity contribution in [2.24, 2.45) is 0 Å². The lowest BCUT2D eigenvalue weighted by atomic mass is 9.96. The van der Waals surface area contributed by atoms with Crippen molar-refractivity contribution in [2.75, 3.05) is 26.1 Å². The van der Waals surface area contributed by atoms with E-state index in [0.717, 1.165) is 13.5 Å². The Bertz CT molecular complexity index is 2090. The molecular formula is C47H50O15S. The molecule has 2 saturated heterocycles. The molecule has 4 unspecified atom stereocenters. The molecule has 15 nitrogen and oxygen atoms in total. The van der Waals surface area contributed by atoms with Gasteiger partial charge < -0.3 is 47.7 Å². The van der Waals surface area contributed by atoms with Gasteiger partial charge in [0, 0.05) is 6.61 Å². The number of rotatable bonds is 18. The van der Waals surface area contributed by atoms with Crippen LogP contribution in [0.5, 0.6) is 0 Å². The van der Waals surface area contributed by atoms with Crippen LogP contribution in [0.1, 0.15) is 68.1 Å². The van der Waals surface area contributed by atoms with E-state index in [1.54, 1.807) is 97.1 Å². The van der Waals surface area contributed by atoms with E-state index in [2.05, 4.69) is 0 Å². The molecular weight excluding hydrogens is 837 g/mol. The smallest absolute Gasteiger partial charge is 0.338 e. The maximum Gasteiger partial charge on any atom is 0.338 e. The highest BCUT2D eigenvalue weighted by atomic mass is 32.2. The number of aliphatic hydroxyl groups is 1. The molecule has 2 fully saturated rings. The van der Waals surface area contributed by atoms with Crippen LogP contribution >= 0.6 is 11.8 Å². The normalized spacial score (nSPS) is 25.5. The standard InChI is InChI=1S/C47H50O15S/c1-4-6-27-55-28-33-35(38(58-42(50)30-21-13-8-14-22-30)40(47(56-33)63-5-2)60-44(52)32-25-17-10-18-26-32)61-46-39(59-43(51)31-23-15-9-16-24-31)36(34(48)37(62-46)45(53)54-3)57-41(49)29-19-11-7-12-20-29/h7-26,33-40,46-48H,4-6,27-28H2,1-3H3/t33?,34-,35+,36?,37?,38?,39-,40-,46+,47-/m0/s1. The largest absolute Gasteiger partial charge is 0.467 e. The van der Waals surface area contributed by atoms with Crippen LogP contribution in [0.2, 0.25) is 0 Å². The van der Waals surface area contributed by atoms with E-state index in [9.17, 15) is 29.1 Å². The highest BCUT2D eigenvalue weighted by Crippen LogP contribution is 2.38. The summed E-state index contributed by atoms with van der Waals surface area (Å²) in [6, 6.07) is 32.0. The Labute approximate surface area is 369 Å². The number of aliphatic hydroxyl groups excluding tert-OH is 1. The molecule has 0 saturated carbocycles. The van der Waals surface area contributed by atoms with Crippen LogP contribution in [0, 0.1) is 0 Å². The van der Waals surface area contributed by atoms with E-state index in [0.29, 0.717) is 18.8 Å². The average molecular weight is 887 g/mol. The Balaban J connectivity index is 1.47. The van der Waals surface area contributed by atoms with Gasteiger partial charge in [-0.05, 0) is 60.7 Å². The first-order valence-electron chi connectivity index (χ1n) is 20.6. The van der Waals surface area contributed by atoms with Crippen molar-refractivity contribution in [3.63, 3.8) is 0 Å². The predicted molar refractivity (Wildman–Crippen MR) is 227 cm³/mol. The van der Waals surface area contributed by atoms with E-state index in [4.69, 9.17) is 42.6 Å². The van der Waals surface area contributed by atoms with Crippen molar-refractivity contribution in [1.29, 1.82) is 0 Å². The highest BCUT2D eigenvalue weighted by Gasteiger charge is 2.58. The third kappa shape index (κ3) is 12.1. The molecule has 0 amide bonds. The molecule has 2 aliphatic heterocycles. The topological polar surface area (TPSA) is 189 Å². The average Bonchev–Trinajstić information content (AvgIpc) is 3.32. The fourth-order valence-corrected chi connectivity index (χ4v) is 7.85. The van der Waals surface area contributed by atoms with Crippen molar-refractivity contribution in [1.82, 2.24) is 0 Å². The van der Waals surface area contributed by atoms with Gasteiger partial charge in [-0.15, -0.1) is 11.8 Å². The maximum atomic E-state index is 14.1. The summed E-state index contributed by atoms with van der Waals surface area (Å²) in [5.74, 6) is -4.03. The van der Waals surface area contributed by atoms with E-state index >= 15 is 0 Å².